The molecule has 0 spiro atoms. The third-order valence-electron chi connectivity index (χ3n) is 4.86. The second-order valence-corrected chi connectivity index (χ2v) is 8.22. The van der Waals surface area contributed by atoms with Gasteiger partial charge in [-0.3, -0.25) is 9.59 Å². The lowest BCUT2D eigenvalue weighted by atomic mass is 10.1. The summed E-state index contributed by atoms with van der Waals surface area (Å²) in [5, 5.41) is 0.571. The fourth-order valence-electron chi connectivity index (χ4n) is 3.15. The molecule has 0 radical (unpaired) electrons. The van der Waals surface area contributed by atoms with Crippen LogP contribution >= 0.6 is 23.4 Å². The van der Waals surface area contributed by atoms with Crippen molar-refractivity contribution in [2.75, 3.05) is 4.90 Å². The fourth-order valence-corrected chi connectivity index (χ4v) is 4.29. The lowest BCUT2D eigenvalue weighted by Gasteiger charge is -2.16. The van der Waals surface area contributed by atoms with E-state index in [1.165, 1.54) is 16.7 Å². The highest BCUT2D eigenvalue weighted by molar-refractivity contribution is 8.03. The van der Waals surface area contributed by atoms with Gasteiger partial charge in [0.15, 0.2) is 0 Å². The minimum absolute atomic E-state index is 0.320. The van der Waals surface area contributed by atoms with Crippen LogP contribution in [0.3, 0.4) is 0 Å². The van der Waals surface area contributed by atoms with Crippen LogP contribution in [0.1, 0.15) is 22.5 Å². The predicted octanol–water partition coefficient (Wildman–Crippen LogP) is 5.77. The molecule has 2 amide bonds. The number of halogens is 1. The summed E-state index contributed by atoms with van der Waals surface area (Å²) < 4.78 is 5.38. The molecule has 3 aromatic rings. The highest BCUT2D eigenvalue weighted by Crippen LogP contribution is 2.40. The van der Waals surface area contributed by atoms with E-state index in [-0.39, 0.29) is 11.8 Å². The highest BCUT2D eigenvalue weighted by atomic mass is 35.5. The molecule has 2 heterocycles. The summed E-state index contributed by atoms with van der Waals surface area (Å²) >= 11 is 7.32. The molecular weight excluding hydrogens is 406 g/mol. The molecule has 4 rings (SSSR count). The summed E-state index contributed by atoms with van der Waals surface area (Å²) in [6, 6.07) is 16.2. The van der Waals surface area contributed by atoms with E-state index in [4.69, 9.17) is 16.0 Å². The summed E-state index contributed by atoms with van der Waals surface area (Å²) in [4.78, 5) is 28.3. The Hall–Kier alpha value is -2.76. The van der Waals surface area contributed by atoms with Crippen molar-refractivity contribution in [3.8, 4) is 0 Å². The first kappa shape index (κ1) is 19.6. The molecule has 29 heavy (non-hydrogen) atoms. The van der Waals surface area contributed by atoms with Gasteiger partial charge in [-0.15, -0.1) is 11.8 Å². The predicted molar refractivity (Wildman–Crippen MR) is 117 cm³/mol. The summed E-state index contributed by atoms with van der Waals surface area (Å²) in [7, 11) is 0. The quantitative estimate of drug-likeness (QED) is 0.489. The zero-order chi connectivity index (χ0) is 20.5. The summed E-state index contributed by atoms with van der Waals surface area (Å²) in [5.74, 6) is 0.546. The van der Waals surface area contributed by atoms with Crippen LogP contribution in [0.5, 0.6) is 0 Å². The number of carbonyl (C=O) groups is 2. The number of hydrogen-bond donors (Lipinski definition) is 0. The Kier molecular flexibility index (Phi) is 5.35. The van der Waals surface area contributed by atoms with Gasteiger partial charge < -0.3 is 4.42 Å². The maximum absolute atomic E-state index is 13.3. The van der Waals surface area contributed by atoms with Crippen molar-refractivity contribution in [1.29, 1.82) is 0 Å². The van der Waals surface area contributed by atoms with Gasteiger partial charge in [-0.2, -0.15) is 0 Å². The van der Waals surface area contributed by atoms with Gasteiger partial charge in [0.05, 0.1) is 28.2 Å². The number of nitrogens with zero attached hydrogens (tertiary/aromatic N) is 1. The van der Waals surface area contributed by atoms with Crippen LogP contribution in [-0.2, 0) is 15.3 Å². The molecule has 0 N–H and O–H groups in total. The molecule has 6 heteroatoms. The highest BCUT2D eigenvalue weighted by Gasteiger charge is 2.40. The van der Waals surface area contributed by atoms with Gasteiger partial charge in [0.25, 0.3) is 11.8 Å². The molecule has 1 aliphatic rings. The van der Waals surface area contributed by atoms with Crippen LogP contribution in [0.2, 0.25) is 5.02 Å². The molecule has 146 valence electrons. The Morgan fingerprint density at radius 1 is 0.966 bits per heavy atom. The van der Waals surface area contributed by atoms with Crippen LogP contribution in [-0.4, -0.2) is 11.8 Å². The number of aryl methyl sites for hydroxylation is 2. The van der Waals surface area contributed by atoms with Gasteiger partial charge >= 0.3 is 0 Å². The molecular formula is C23H18ClNO3S. The van der Waals surface area contributed by atoms with E-state index in [0.29, 0.717) is 32.5 Å². The molecule has 0 atom stereocenters. The third-order valence-corrected chi connectivity index (χ3v) is 6.21. The molecule has 2 aromatic carbocycles. The Bertz CT molecular complexity index is 1120. The molecule has 1 aliphatic heterocycles. The second kappa shape index (κ2) is 7.93. The lowest BCUT2D eigenvalue weighted by Crippen LogP contribution is -2.31. The zero-order valence-corrected chi connectivity index (χ0v) is 17.5. The van der Waals surface area contributed by atoms with Crippen molar-refractivity contribution in [2.45, 2.75) is 19.6 Å². The van der Waals surface area contributed by atoms with Crippen LogP contribution in [0.15, 0.2) is 70.2 Å². The molecule has 0 unspecified atom stereocenters. The van der Waals surface area contributed by atoms with Crippen LogP contribution < -0.4 is 4.90 Å². The summed E-state index contributed by atoms with van der Waals surface area (Å²) in [6.45, 7) is 3.96. The zero-order valence-electron chi connectivity index (χ0n) is 15.9. The van der Waals surface area contributed by atoms with Crippen molar-refractivity contribution in [3.05, 3.63) is 93.2 Å². The Labute approximate surface area is 178 Å². The largest absolute Gasteiger partial charge is 0.468 e. The van der Waals surface area contributed by atoms with Crippen LogP contribution in [0, 0.1) is 13.8 Å². The molecule has 0 saturated heterocycles. The molecule has 0 fully saturated rings. The molecule has 0 aliphatic carbocycles. The number of rotatable bonds is 5. The lowest BCUT2D eigenvalue weighted by molar-refractivity contribution is -0.119. The average molecular weight is 424 g/mol. The normalized spacial score (nSPS) is 14.2. The van der Waals surface area contributed by atoms with E-state index in [1.54, 1.807) is 42.7 Å². The molecule has 1 aromatic heterocycles. The van der Waals surface area contributed by atoms with Crippen molar-refractivity contribution in [1.82, 2.24) is 0 Å². The van der Waals surface area contributed by atoms with Crippen molar-refractivity contribution < 1.29 is 14.0 Å². The second-order valence-electron chi connectivity index (χ2n) is 6.79. The first-order valence-corrected chi connectivity index (χ1v) is 10.4. The number of imide groups is 1. The van der Waals surface area contributed by atoms with Gasteiger partial charge in [-0.05, 0) is 66.9 Å². The third kappa shape index (κ3) is 3.76. The van der Waals surface area contributed by atoms with Crippen molar-refractivity contribution >= 4 is 46.4 Å². The van der Waals surface area contributed by atoms with E-state index in [0.717, 1.165) is 16.9 Å². The number of hydrogen-bond acceptors (Lipinski definition) is 4. The Morgan fingerprint density at radius 2 is 1.72 bits per heavy atom. The molecule has 4 nitrogen and oxygen atoms in total. The summed E-state index contributed by atoms with van der Waals surface area (Å²) in [5.41, 5.74) is 3.75. The van der Waals surface area contributed by atoms with Crippen LogP contribution in [0.4, 0.5) is 5.69 Å². The average Bonchev–Trinajstić information content (AvgIpc) is 3.30. The first-order chi connectivity index (χ1) is 14.0. The van der Waals surface area contributed by atoms with E-state index >= 15 is 0 Å². The number of amides is 2. The Morgan fingerprint density at radius 3 is 2.38 bits per heavy atom. The van der Waals surface area contributed by atoms with Crippen LogP contribution in [0.25, 0.3) is 5.57 Å². The van der Waals surface area contributed by atoms with Gasteiger partial charge in [-0.1, -0.05) is 29.8 Å². The van der Waals surface area contributed by atoms with Gasteiger partial charge in [-0.25, -0.2) is 4.90 Å². The fraction of sp³-hybridized carbons (Fsp3) is 0.130. The maximum atomic E-state index is 13.3. The number of anilines is 1. The van der Waals surface area contributed by atoms with E-state index in [1.807, 2.05) is 32.0 Å². The Balaban J connectivity index is 1.76. The number of carbonyl (C=O) groups excluding carboxylic acids is 2. The van der Waals surface area contributed by atoms with E-state index in [2.05, 4.69) is 0 Å². The molecule has 0 bridgehead atoms. The maximum Gasteiger partial charge on any atom is 0.272 e. The van der Waals surface area contributed by atoms with E-state index in [9.17, 15) is 9.59 Å². The number of benzene rings is 2. The minimum Gasteiger partial charge on any atom is -0.468 e. The van der Waals surface area contributed by atoms with Gasteiger partial charge in [0, 0.05) is 5.02 Å². The smallest absolute Gasteiger partial charge is 0.272 e. The van der Waals surface area contributed by atoms with Crippen molar-refractivity contribution in [2.24, 2.45) is 0 Å². The minimum atomic E-state index is -0.331. The van der Waals surface area contributed by atoms with Gasteiger partial charge in [0.2, 0.25) is 0 Å². The molecule has 0 saturated carbocycles. The number of furan rings is 1. The van der Waals surface area contributed by atoms with E-state index < -0.39 is 0 Å². The first-order valence-electron chi connectivity index (χ1n) is 9.07. The topological polar surface area (TPSA) is 50.5 Å². The van der Waals surface area contributed by atoms with Gasteiger partial charge in [0.1, 0.15) is 5.76 Å². The standard InChI is InChI=1S/C23H18ClNO3S/c1-14-5-10-18(12-15(14)2)25-22(26)20(16-6-8-17(24)9-7-16)21(23(25)27)29-13-19-4-3-11-28-19/h3-12H,13H2,1-2H3. The SMILES string of the molecule is Cc1ccc(N2C(=O)C(SCc3ccco3)=C(c3ccc(Cl)cc3)C2=O)cc1C. The summed E-state index contributed by atoms with van der Waals surface area (Å²) in [6.07, 6.45) is 1.59. The number of thioether (sulfide) groups is 1. The monoisotopic (exact) mass is 423 g/mol. The van der Waals surface area contributed by atoms with Crippen molar-refractivity contribution in [3.63, 3.8) is 0 Å².